The van der Waals surface area contributed by atoms with Crippen molar-refractivity contribution >= 4 is 22.8 Å². The molecule has 2 aromatic rings. The summed E-state index contributed by atoms with van der Waals surface area (Å²) in [6, 6.07) is 0. The van der Waals surface area contributed by atoms with Gasteiger partial charge in [-0.3, -0.25) is 5.10 Å². The summed E-state index contributed by atoms with van der Waals surface area (Å²) in [6.07, 6.45) is 5.41. The SMILES string of the molecule is CC1CCC(O)(CNc2nc(N)nc3[nH]ncc23)CC1. The largest absolute Gasteiger partial charge is 0.388 e. The Balaban J connectivity index is 1.75. The Morgan fingerprint density at radius 2 is 2.20 bits per heavy atom. The summed E-state index contributed by atoms with van der Waals surface area (Å²) in [5, 5.41) is 21.3. The van der Waals surface area contributed by atoms with Gasteiger partial charge in [0.05, 0.1) is 17.2 Å². The van der Waals surface area contributed by atoms with Gasteiger partial charge in [-0.2, -0.15) is 15.1 Å². The van der Waals surface area contributed by atoms with Crippen molar-refractivity contribution in [3.8, 4) is 0 Å². The number of H-pyrrole nitrogens is 1. The zero-order valence-electron chi connectivity index (χ0n) is 11.6. The maximum absolute atomic E-state index is 10.6. The van der Waals surface area contributed by atoms with Crippen molar-refractivity contribution in [1.29, 1.82) is 0 Å². The van der Waals surface area contributed by atoms with Crippen LogP contribution in [-0.4, -0.2) is 37.4 Å². The number of fused-ring (bicyclic) bond motifs is 1. The predicted molar refractivity (Wildman–Crippen MR) is 77.2 cm³/mol. The minimum absolute atomic E-state index is 0.188. The number of rotatable bonds is 3. The minimum atomic E-state index is -0.664. The van der Waals surface area contributed by atoms with Crippen LogP contribution in [0.3, 0.4) is 0 Å². The van der Waals surface area contributed by atoms with Gasteiger partial charge in [-0.25, -0.2) is 0 Å². The summed E-state index contributed by atoms with van der Waals surface area (Å²) in [4.78, 5) is 8.25. The Labute approximate surface area is 117 Å². The number of nitrogen functional groups attached to an aromatic ring is 1. The number of aromatic amines is 1. The van der Waals surface area contributed by atoms with Crippen LogP contribution in [0.25, 0.3) is 11.0 Å². The second-order valence-electron chi connectivity index (χ2n) is 5.82. The number of nitrogens with two attached hydrogens (primary N) is 1. The van der Waals surface area contributed by atoms with Crippen LogP contribution >= 0.6 is 0 Å². The summed E-state index contributed by atoms with van der Waals surface area (Å²) in [5.74, 6) is 1.51. The molecule has 0 spiro atoms. The van der Waals surface area contributed by atoms with Gasteiger partial charge in [0.25, 0.3) is 0 Å². The molecule has 20 heavy (non-hydrogen) atoms. The standard InChI is InChI=1S/C13H20N6O/c1-8-2-4-13(20,5-3-8)7-15-10-9-6-16-19-11(9)18-12(14)17-10/h6,8,20H,2-5,7H2,1H3,(H4,14,15,16,17,18,19). The highest BCUT2D eigenvalue weighted by atomic mass is 16.3. The van der Waals surface area contributed by atoms with Crippen molar-refractivity contribution in [1.82, 2.24) is 20.2 Å². The number of aromatic nitrogens is 4. The third kappa shape index (κ3) is 2.53. The van der Waals surface area contributed by atoms with E-state index in [4.69, 9.17) is 5.73 Å². The van der Waals surface area contributed by atoms with E-state index < -0.39 is 5.60 Å². The molecule has 0 aliphatic heterocycles. The highest BCUT2D eigenvalue weighted by molar-refractivity contribution is 5.86. The zero-order chi connectivity index (χ0) is 14.2. The van der Waals surface area contributed by atoms with Gasteiger partial charge in [-0.15, -0.1) is 0 Å². The molecule has 0 saturated heterocycles. The molecule has 3 rings (SSSR count). The Morgan fingerprint density at radius 3 is 2.95 bits per heavy atom. The van der Waals surface area contributed by atoms with Crippen molar-refractivity contribution in [3.05, 3.63) is 6.20 Å². The van der Waals surface area contributed by atoms with E-state index in [0.717, 1.165) is 31.1 Å². The average Bonchev–Trinajstić information content (AvgIpc) is 2.88. The predicted octanol–water partition coefficient (Wildman–Crippen LogP) is 1.29. The number of hydrogen-bond acceptors (Lipinski definition) is 6. The average molecular weight is 276 g/mol. The quantitative estimate of drug-likeness (QED) is 0.672. The number of anilines is 2. The third-order valence-electron chi connectivity index (χ3n) is 4.12. The van der Waals surface area contributed by atoms with Crippen LogP contribution < -0.4 is 11.1 Å². The molecule has 0 unspecified atom stereocenters. The first kappa shape index (κ1) is 13.1. The lowest BCUT2D eigenvalue weighted by Crippen LogP contribution is -2.40. The first-order chi connectivity index (χ1) is 9.56. The number of nitrogens with zero attached hydrogens (tertiary/aromatic N) is 3. The fraction of sp³-hybridized carbons (Fsp3) is 0.615. The normalized spacial score (nSPS) is 26.8. The van der Waals surface area contributed by atoms with Gasteiger partial charge in [0, 0.05) is 6.54 Å². The summed E-state index contributed by atoms with van der Waals surface area (Å²) in [5.41, 5.74) is 5.61. The van der Waals surface area contributed by atoms with Crippen LogP contribution in [0, 0.1) is 5.92 Å². The molecule has 0 radical (unpaired) electrons. The Hall–Kier alpha value is -1.89. The molecule has 1 saturated carbocycles. The lowest BCUT2D eigenvalue weighted by Gasteiger charge is -2.35. The summed E-state index contributed by atoms with van der Waals surface area (Å²) in [7, 11) is 0. The lowest BCUT2D eigenvalue weighted by molar-refractivity contribution is 0.00497. The summed E-state index contributed by atoms with van der Waals surface area (Å²) in [6.45, 7) is 2.70. The van der Waals surface area contributed by atoms with Gasteiger partial charge in [-0.05, 0) is 31.6 Å². The Bertz CT molecular complexity index is 602. The number of aliphatic hydroxyl groups is 1. The molecule has 0 atom stereocenters. The highest BCUT2D eigenvalue weighted by Gasteiger charge is 2.31. The minimum Gasteiger partial charge on any atom is -0.388 e. The molecule has 7 heteroatoms. The molecule has 108 valence electrons. The maximum Gasteiger partial charge on any atom is 0.224 e. The molecule has 5 N–H and O–H groups in total. The lowest BCUT2D eigenvalue weighted by atomic mass is 9.79. The maximum atomic E-state index is 10.6. The topological polar surface area (TPSA) is 113 Å². The molecule has 7 nitrogen and oxygen atoms in total. The van der Waals surface area contributed by atoms with Crippen LogP contribution in [0.15, 0.2) is 6.20 Å². The molecule has 1 aliphatic carbocycles. The third-order valence-corrected chi connectivity index (χ3v) is 4.12. The van der Waals surface area contributed by atoms with Crippen molar-refractivity contribution in [2.45, 2.75) is 38.2 Å². The van der Waals surface area contributed by atoms with Crippen molar-refractivity contribution in [3.63, 3.8) is 0 Å². The van der Waals surface area contributed by atoms with E-state index in [9.17, 15) is 5.11 Å². The van der Waals surface area contributed by atoms with Crippen LogP contribution in [0.4, 0.5) is 11.8 Å². The summed E-state index contributed by atoms with van der Waals surface area (Å²) < 4.78 is 0. The van der Waals surface area contributed by atoms with E-state index in [-0.39, 0.29) is 5.95 Å². The molecule has 2 aromatic heterocycles. The molecule has 2 heterocycles. The van der Waals surface area contributed by atoms with E-state index in [0.29, 0.717) is 23.9 Å². The van der Waals surface area contributed by atoms with Gasteiger partial charge in [0.15, 0.2) is 5.65 Å². The van der Waals surface area contributed by atoms with Gasteiger partial charge in [0.1, 0.15) is 5.82 Å². The Kier molecular flexibility index (Phi) is 3.21. The van der Waals surface area contributed by atoms with Crippen LogP contribution in [0.2, 0.25) is 0 Å². The van der Waals surface area contributed by atoms with Crippen LogP contribution in [0.5, 0.6) is 0 Å². The fourth-order valence-corrected chi connectivity index (χ4v) is 2.71. The molecular formula is C13H20N6O. The smallest absolute Gasteiger partial charge is 0.224 e. The molecule has 0 aromatic carbocycles. The zero-order valence-corrected chi connectivity index (χ0v) is 11.6. The number of hydrogen-bond donors (Lipinski definition) is 4. The van der Waals surface area contributed by atoms with Crippen LogP contribution in [0.1, 0.15) is 32.6 Å². The second-order valence-corrected chi connectivity index (χ2v) is 5.82. The van der Waals surface area contributed by atoms with E-state index in [1.54, 1.807) is 6.20 Å². The van der Waals surface area contributed by atoms with Crippen molar-refractivity contribution in [2.24, 2.45) is 5.92 Å². The number of nitrogens with one attached hydrogen (secondary N) is 2. The molecular weight excluding hydrogens is 256 g/mol. The Morgan fingerprint density at radius 1 is 1.45 bits per heavy atom. The highest BCUT2D eigenvalue weighted by Crippen LogP contribution is 2.32. The van der Waals surface area contributed by atoms with Crippen LogP contribution in [-0.2, 0) is 0 Å². The first-order valence-corrected chi connectivity index (χ1v) is 6.99. The first-order valence-electron chi connectivity index (χ1n) is 6.99. The van der Waals surface area contributed by atoms with E-state index in [2.05, 4.69) is 32.4 Å². The van der Waals surface area contributed by atoms with Gasteiger partial charge in [-0.1, -0.05) is 6.92 Å². The fourth-order valence-electron chi connectivity index (χ4n) is 2.71. The summed E-state index contributed by atoms with van der Waals surface area (Å²) >= 11 is 0. The van der Waals surface area contributed by atoms with E-state index in [1.807, 2.05) is 0 Å². The van der Waals surface area contributed by atoms with Gasteiger partial charge >= 0.3 is 0 Å². The van der Waals surface area contributed by atoms with E-state index >= 15 is 0 Å². The molecule has 0 bridgehead atoms. The van der Waals surface area contributed by atoms with Gasteiger partial charge < -0.3 is 16.2 Å². The monoisotopic (exact) mass is 276 g/mol. The van der Waals surface area contributed by atoms with E-state index in [1.165, 1.54) is 0 Å². The van der Waals surface area contributed by atoms with Crippen molar-refractivity contribution < 1.29 is 5.11 Å². The molecule has 1 fully saturated rings. The van der Waals surface area contributed by atoms with Gasteiger partial charge in [0.2, 0.25) is 5.95 Å². The molecule has 1 aliphatic rings. The van der Waals surface area contributed by atoms with Crippen molar-refractivity contribution in [2.75, 3.05) is 17.6 Å². The molecule has 0 amide bonds. The second kappa shape index (κ2) is 4.90.